The predicted octanol–water partition coefficient (Wildman–Crippen LogP) is 3.34. The Morgan fingerprint density at radius 2 is 2.10 bits per heavy atom. The summed E-state index contributed by atoms with van der Waals surface area (Å²) in [5.41, 5.74) is 2.78. The van der Waals surface area contributed by atoms with Crippen molar-refractivity contribution in [2.24, 2.45) is 5.92 Å². The van der Waals surface area contributed by atoms with E-state index in [4.69, 9.17) is 9.47 Å². The molecule has 3 heteroatoms. The zero-order chi connectivity index (χ0) is 15.2. The molecule has 118 valence electrons. The lowest BCUT2D eigenvalue weighted by molar-refractivity contribution is -0.0118. The Bertz CT molecular complexity index is 433. The number of methoxy groups -OCH3 is 1. The van der Waals surface area contributed by atoms with Gasteiger partial charge in [-0.05, 0) is 36.4 Å². The molecule has 0 radical (unpaired) electrons. The van der Waals surface area contributed by atoms with E-state index < -0.39 is 0 Å². The molecule has 1 aliphatic rings. The molecular weight excluding hydrogens is 262 g/mol. The maximum absolute atomic E-state index is 6.06. The number of likely N-dealkylation sites (N-methyl/N-ethyl adjacent to an activating group) is 1. The van der Waals surface area contributed by atoms with Gasteiger partial charge in [-0.3, -0.25) is 0 Å². The van der Waals surface area contributed by atoms with E-state index in [1.165, 1.54) is 11.1 Å². The summed E-state index contributed by atoms with van der Waals surface area (Å²) in [7, 11) is 1.81. The molecule has 1 aromatic rings. The van der Waals surface area contributed by atoms with Crippen molar-refractivity contribution in [2.45, 2.75) is 51.9 Å². The molecule has 0 aromatic heterocycles. The third kappa shape index (κ3) is 4.06. The third-order valence-electron chi connectivity index (χ3n) is 4.35. The summed E-state index contributed by atoms with van der Waals surface area (Å²) in [6.07, 6.45) is 2.37. The minimum absolute atomic E-state index is 0.176. The van der Waals surface area contributed by atoms with Crippen LogP contribution in [0.5, 0.6) is 0 Å². The summed E-state index contributed by atoms with van der Waals surface area (Å²) in [6.45, 7) is 8.35. The highest BCUT2D eigenvalue weighted by Crippen LogP contribution is 2.32. The van der Waals surface area contributed by atoms with Crippen LogP contribution < -0.4 is 5.32 Å². The van der Waals surface area contributed by atoms with Gasteiger partial charge >= 0.3 is 0 Å². The van der Waals surface area contributed by atoms with E-state index in [0.29, 0.717) is 12.0 Å². The van der Waals surface area contributed by atoms with E-state index in [-0.39, 0.29) is 12.2 Å². The van der Waals surface area contributed by atoms with Crippen LogP contribution in [-0.2, 0) is 15.9 Å². The molecule has 0 spiro atoms. The molecule has 1 aromatic carbocycles. The molecule has 1 heterocycles. The largest absolute Gasteiger partial charge is 0.380 e. The van der Waals surface area contributed by atoms with Crippen LogP contribution >= 0.6 is 0 Å². The fourth-order valence-corrected chi connectivity index (χ4v) is 3.40. The Hall–Kier alpha value is -0.900. The average Bonchev–Trinajstić information content (AvgIpc) is 2.48. The van der Waals surface area contributed by atoms with E-state index in [1.54, 1.807) is 0 Å². The zero-order valence-electron chi connectivity index (χ0n) is 13.8. The zero-order valence-corrected chi connectivity index (χ0v) is 13.8. The fourth-order valence-electron chi connectivity index (χ4n) is 3.40. The molecule has 3 unspecified atom stereocenters. The monoisotopic (exact) mass is 291 g/mol. The Morgan fingerprint density at radius 3 is 2.76 bits per heavy atom. The van der Waals surface area contributed by atoms with E-state index in [9.17, 15) is 0 Å². The highest BCUT2D eigenvalue weighted by Gasteiger charge is 2.29. The van der Waals surface area contributed by atoms with Crippen molar-refractivity contribution < 1.29 is 9.47 Å². The molecule has 0 amide bonds. The topological polar surface area (TPSA) is 30.5 Å². The highest BCUT2D eigenvalue weighted by molar-refractivity contribution is 5.31. The summed E-state index contributed by atoms with van der Waals surface area (Å²) in [5.74, 6) is 0.484. The Morgan fingerprint density at radius 1 is 1.33 bits per heavy atom. The molecular formula is C18H29NO2. The average molecular weight is 291 g/mol. The van der Waals surface area contributed by atoms with Crippen molar-refractivity contribution in [2.75, 3.05) is 20.3 Å². The van der Waals surface area contributed by atoms with Crippen LogP contribution in [0.2, 0.25) is 0 Å². The lowest BCUT2D eigenvalue weighted by Crippen LogP contribution is -2.45. The lowest BCUT2D eigenvalue weighted by atomic mass is 9.89. The van der Waals surface area contributed by atoms with E-state index in [0.717, 1.165) is 26.0 Å². The van der Waals surface area contributed by atoms with Gasteiger partial charge in [0.15, 0.2) is 0 Å². The predicted molar refractivity (Wildman–Crippen MR) is 86.6 cm³/mol. The first kappa shape index (κ1) is 16.5. The van der Waals surface area contributed by atoms with Gasteiger partial charge in [0, 0.05) is 13.2 Å². The van der Waals surface area contributed by atoms with Gasteiger partial charge in [0.1, 0.15) is 0 Å². The van der Waals surface area contributed by atoms with Crippen LogP contribution in [0.1, 0.15) is 44.4 Å². The molecule has 21 heavy (non-hydrogen) atoms. The lowest BCUT2D eigenvalue weighted by Gasteiger charge is -2.34. The van der Waals surface area contributed by atoms with Crippen LogP contribution in [-0.4, -0.2) is 32.4 Å². The van der Waals surface area contributed by atoms with Crippen molar-refractivity contribution in [3.8, 4) is 0 Å². The second-order valence-electron chi connectivity index (χ2n) is 6.15. The normalized spacial score (nSPS) is 21.1. The number of rotatable bonds is 7. The molecule has 3 atom stereocenters. The number of ether oxygens (including phenoxy) is 2. The first-order chi connectivity index (χ1) is 10.2. The second kappa shape index (κ2) is 7.92. The van der Waals surface area contributed by atoms with E-state index in [1.807, 2.05) is 7.11 Å². The fraction of sp³-hybridized carbons (Fsp3) is 0.667. The molecule has 0 bridgehead atoms. The van der Waals surface area contributed by atoms with Crippen LogP contribution in [0.15, 0.2) is 24.3 Å². The van der Waals surface area contributed by atoms with Gasteiger partial charge in [-0.25, -0.2) is 0 Å². The molecule has 0 aliphatic carbocycles. The molecule has 1 N–H and O–H groups in total. The van der Waals surface area contributed by atoms with Crippen LogP contribution in [0.3, 0.4) is 0 Å². The SMILES string of the molecule is CCNC(CC1OCCc2ccccc21)C(OC)C(C)C. The van der Waals surface area contributed by atoms with Gasteiger partial charge in [0.05, 0.1) is 18.8 Å². The molecule has 0 fully saturated rings. The van der Waals surface area contributed by atoms with Crippen molar-refractivity contribution >= 4 is 0 Å². The maximum atomic E-state index is 6.06. The van der Waals surface area contributed by atoms with Gasteiger partial charge in [-0.15, -0.1) is 0 Å². The van der Waals surface area contributed by atoms with Gasteiger partial charge in [0.25, 0.3) is 0 Å². The first-order valence-corrected chi connectivity index (χ1v) is 8.13. The third-order valence-corrected chi connectivity index (χ3v) is 4.35. The minimum Gasteiger partial charge on any atom is -0.380 e. The summed E-state index contributed by atoms with van der Waals surface area (Å²) in [4.78, 5) is 0. The molecule has 0 saturated carbocycles. The molecule has 0 saturated heterocycles. The molecule has 2 rings (SSSR count). The number of hydrogen-bond donors (Lipinski definition) is 1. The Kier molecular flexibility index (Phi) is 6.22. The first-order valence-electron chi connectivity index (χ1n) is 8.13. The van der Waals surface area contributed by atoms with Crippen LogP contribution in [0.25, 0.3) is 0 Å². The number of hydrogen-bond acceptors (Lipinski definition) is 3. The van der Waals surface area contributed by atoms with Crippen molar-refractivity contribution in [3.05, 3.63) is 35.4 Å². The Balaban J connectivity index is 2.14. The number of benzene rings is 1. The van der Waals surface area contributed by atoms with Gasteiger partial charge < -0.3 is 14.8 Å². The van der Waals surface area contributed by atoms with Crippen LogP contribution in [0, 0.1) is 5.92 Å². The second-order valence-corrected chi connectivity index (χ2v) is 6.15. The smallest absolute Gasteiger partial charge is 0.0843 e. The standard InChI is InChI=1S/C18H29NO2/c1-5-19-16(18(20-4)13(2)3)12-17-15-9-7-6-8-14(15)10-11-21-17/h6-9,13,16-19H,5,10-12H2,1-4H3. The van der Waals surface area contributed by atoms with Gasteiger partial charge in [0.2, 0.25) is 0 Å². The maximum Gasteiger partial charge on any atom is 0.0843 e. The van der Waals surface area contributed by atoms with Crippen LogP contribution in [0.4, 0.5) is 0 Å². The van der Waals surface area contributed by atoms with Crippen molar-refractivity contribution in [1.29, 1.82) is 0 Å². The molecule has 3 nitrogen and oxygen atoms in total. The summed E-state index contributed by atoms with van der Waals surface area (Å²) in [5, 5.41) is 3.59. The van der Waals surface area contributed by atoms with Gasteiger partial charge in [-0.1, -0.05) is 45.0 Å². The van der Waals surface area contributed by atoms with E-state index in [2.05, 4.69) is 50.4 Å². The van der Waals surface area contributed by atoms with Gasteiger partial charge in [-0.2, -0.15) is 0 Å². The quantitative estimate of drug-likeness (QED) is 0.836. The van der Waals surface area contributed by atoms with Crippen molar-refractivity contribution in [3.63, 3.8) is 0 Å². The van der Waals surface area contributed by atoms with E-state index >= 15 is 0 Å². The Labute approximate surface area is 129 Å². The number of fused-ring (bicyclic) bond motifs is 1. The number of nitrogens with one attached hydrogen (secondary N) is 1. The minimum atomic E-state index is 0.176. The summed E-state index contributed by atoms with van der Waals surface area (Å²) < 4.78 is 11.8. The molecule has 1 aliphatic heterocycles. The summed E-state index contributed by atoms with van der Waals surface area (Å²) >= 11 is 0. The van der Waals surface area contributed by atoms with Crippen molar-refractivity contribution in [1.82, 2.24) is 5.32 Å². The summed E-state index contributed by atoms with van der Waals surface area (Å²) in [6, 6.07) is 8.98. The highest BCUT2D eigenvalue weighted by atomic mass is 16.5.